The van der Waals surface area contributed by atoms with Crippen molar-refractivity contribution < 1.29 is 0 Å². The molecule has 44 heavy (non-hydrogen) atoms. The Morgan fingerprint density at radius 2 is 0.886 bits per heavy atom. The number of nitrogens with one attached hydrogen (secondary N) is 4. The van der Waals surface area contributed by atoms with Gasteiger partial charge in [-0.05, 0) is 68.7 Å². The molecule has 0 aliphatic carbocycles. The molecule has 4 nitrogen and oxygen atoms in total. The van der Waals surface area contributed by atoms with E-state index in [9.17, 15) is 0 Å². The van der Waals surface area contributed by atoms with Crippen LogP contribution in [0.25, 0.3) is 0 Å². The van der Waals surface area contributed by atoms with Crippen LogP contribution in [-0.2, 0) is 11.1 Å². The third-order valence-electron chi connectivity index (χ3n) is 10.5. The topological polar surface area (TPSA) is 48.1 Å². The largest absolute Gasteiger partial charge is 0.301 e. The van der Waals surface area contributed by atoms with Crippen molar-refractivity contribution in [1.29, 1.82) is 0 Å². The molecule has 3 atom stereocenters. The standard InChI is InChI=1S/C39H50N4P/c1-26(2)36-38(32-18-10-28(5)11-19-32,33-20-12-29(6)13-21-33)42-44(40-36)41-37(9,27(3)4)39(43-44,34-22-14-30(7)15-23-34)35-24-16-31(8)17-25-35/h10-27,36,40-43H,1-9H3/q+1/t36-,37?,44?/m0/s1. The fourth-order valence-electron chi connectivity index (χ4n) is 7.62. The molecule has 230 valence electrons. The Morgan fingerprint density at radius 3 is 1.23 bits per heavy atom. The zero-order chi connectivity index (χ0) is 31.5. The van der Waals surface area contributed by atoms with Gasteiger partial charge in [0.05, 0.1) is 11.6 Å². The summed E-state index contributed by atoms with van der Waals surface area (Å²) in [6, 6.07) is 36.8. The average molecular weight is 606 g/mol. The fourth-order valence-corrected chi connectivity index (χ4v) is 11.9. The Labute approximate surface area is 266 Å². The van der Waals surface area contributed by atoms with Gasteiger partial charge in [0.15, 0.2) is 0 Å². The summed E-state index contributed by atoms with van der Waals surface area (Å²) in [6.07, 6.45) is 0. The highest BCUT2D eigenvalue weighted by atomic mass is 31.2. The molecule has 1 spiro atoms. The van der Waals surface area contributed by atoms with Gasteiger partial charge >= 0.3 is 7.87 Å². The van der Waals surface area contributed by atoms with Gasteiger partial charge < -0.3 is 0 Å². The summed E-state index contributed by atoms with van der Waals surface area (Å²) < 4.78 is 0. The highest BCUT2D eigenvalue weighted by Gasteiger charge is 2.75. The normalized spacial score (nSPS) is 25.8. The molecule has 2 unspecified atom stereocenters. The van der Waals surface area contributed by atoms with Gasteiger partial charge in [-0.15, -0.1) is 20.3 Å². The maximum Gasteiger partial charge on any atom is 0.301 e. The molecule has 0 amide bonds. The van der Waals surface area contributed by atoms with Crippen LogP contribution < -0.4 is 20.3 Å². The molecule has 0 aromatic heterocycles. The van der Waals surface area contributed by atoms with Crippen LogP contribution >= 0.6 is 7.87 Å². The lowest BCUT2D eigenvalue weighted by molar-refractivity contribution is 0.201. The first-order valence-corrected chi connectivity index (χ1v) is 18.0. The Hall–Kier alpha value is -2.85. The van der Waals surface area contributed by atoms with E-state index in [1.54, 1.807) is 0 Å². The zero-order valence-electron chi connectivity index (χ0n) is 27.9. The SMILES string of the molecule is Cc1ccc(C2(c3ccc(C)cc3)N[P+]3(N[C@H]2C(C)C)NC(c2ccc(C)cc2)(c2ccc(C)cc2)C(C)(C(C)C)N3)cc1. The molecule has 0 bridgehead atoms. The molecule has 4 aromatic carbocycles. The van der Waals surface area contributed by atoms with Crippen LogP contribution in [0.4, 0.5) is 0 Å². The van der Waals surface area contributed by atoms with Crippen molar-refractivity contribution in [3.05, 3.63) is 142 Å². The quantitative estimate of drug-likeness (QED) is 0.166. The molecule has 5 heteroatoms. The van der Waals surface area contributed by atoms with E-state index in [1.807, 2.05) is 0 Å². The molecular formula is C39H50N4P+. The first kappa shape index (κ1) is 31.1. The van der Waals surface area contributed by atoms with E-state index in [1.165, 1.54) is 44.5 Å². The van der Waals surface area contributed by atoms with Crippen LogP contribution in [0.1, 0.15) is 79.1 Å². The van der Waals surface area contributed by atoms with Crippen LogP contribution in [0.3, 0.4) is 0 Å². The van der Waals surface area contributed by atoms with Crippen LogP contribution in [0, 0.1) is 39.5 Å². The van der Waals surface area contributed by atoms with Gasteiger partial charge in [0, 0.05) is 0 Å². The number of rotatable bonds is 6. The van der Waals surface area contributed by atoms with Gasteiger partial charge in [-0.3, -0.25) is 0 Å². The van der Waals surface area contributed by atoms with Crippen LogP contribution in [0.5, 0.6) is 0 Å². The second-order valence-corrected chi connectivity index (χ2v) is 16.5. The van der Waals surface area contributed by atoms with Crippen molar-refractivity contribution in [2.75, 3.05) is 0 Å². The molecule has 0 saturated carbocycles. The minimum atomic E-state index is -2.44. The smallest absolute Gasteiger partial charge is 0.140 e. The first-order valence-electron chi connectivity index (χ1n) is 16.2. The number of aryl methyl sites for hydroxylation is 4. The summed E-state index contributed by atoms with van der Waals surface area (Å²) in [5, 5.41) is 17.4. The van der Waals surface area contributed by atoms with Crippen LogP contribution in [0.15, 0.2) is 97.1 Å². The van der Waals surface area contributed by atoms with Gasteiger partial charge in [-0.2, -0.15) is 0 Å². The Balaban J connectivity index is 1.61. The van der Waals surface area contributed by atoms with Crippen molar-refractivity contribution >= 4 is 7.87 Å². The summed E-state index contributed by atoms with van der Waals surface area (Å²) in [4.78, 5) is 0. The summed E-state index contributed by atoms with van der Waals surface area (Å²) in [6.45, 7) is 20.5. The van der Waals surface area contributed by atoms with Crippen molar-refractivity contribution in [1.82, 2.24) is 20.3 Å². The Morgan fingerprint density at radius 1 is 0.523 bits per heavy atom. The molecule has 4 aromatic rings. The van der Waals surface area contributed by atoms with E-state index < -0.39 is 18.9 Å². The molecule has 2 aliphatic rings. The first-order chi connectivity index (χ1) is 20.8. The molecule has 4 N–H and O–H groups in total. The predicted molar refractivity (Wildman–Crippen MR) is 188 cm³/mol. The molecule has 2 fully saturated rings. The minimum absolute atomic E-state index is 0.129. The lowest BCUT2D eigenvalue weighted by atomic mass is 9.65. The lowest BCUT2D eigenvalue weighted by Crippen LogP contribution is -2.59. The lowest BCUT2D eigenvalue weighted by Gasteiger charge is -2.43. The predicted octanol–water partition coefficient (Wildman–Crippen LogP) is 8.61. The van der Waals surface area contributed by atoms with Gasteiger partial charge in [0.1, 0.15) is 11.1 Å². The molecule has 2 saturated heterocycles. The van der Waals surface area contributed by atoms with Crippen molar-refractivity contribution in [2.45, 2.75) is 85.0 Å². The third kappa shape index (κ3) is 4.78. The molecule has 6 rings (SSSR count). The van der Waals surface area contributed by atoms with Gasteiger partial charge in [-0.25, -0.2) is 0 Å². The van der Waals surface area contributed by atoms with Crippen molar-refractivity contribution in [3.8, 4) is 0 Å². The summed E-state index contributed by atoms with van der Waals surface area (Å²) in [5.41, 5.74) is 8.93. The highest BCUT2D eigenvalue weighted by Crippen LogP contribution is 2.67. The Kier molecular flexibility index (Phi) is 7.92. The van der Waals surface area contributed by atoms with E-state index in [4.69, 9.17) is 0 Å². The summed E-state index contributed by atoms with van der Waals surface area (Å²) in [7, 11) is -2.44. The summed E-state index contributed by atoms with van der Waals surface area (Å²) in [5.74, 6) is 0.666. The second kappa shape index (κ2) is 11.2. The monoisotopic (exact) mass is 605 g/mol. The van der Waals surface area contributed by atoms with E-state index in [0.717, 1.165) is 0 Å². The maximum atomic E-state index is 4.40. The zero-order valence-corrected chi connectivity index (χ0v) is 28.8. The minimum Gasteiger partial charge on any atom is -0.140 e. The number of benzene rings is 4. The maximum absolute atomic E-state index is 4.40. The van der Waals surface area contributed by atoms with E-state index >= 15 is 0 Å². The molecule has 0 radical (unpaired) electrons. The summed E-state index contributed by atoms with van der Waals surface area (Å²) >= 11 is 0. The van der Waals surface area contributed by atoms with Gasteiger partial charge in [0.2, 0.25) is 0 Å². The average Bonchev–Trinajstić information content (AvgIpc) is 3.47. The number of hydrogen-bond acceptors (Lipinski definition) is 4. The molecule has 2 heterocycles. The Bertz CT molecular complexity index is 1520. The molecular weight excluding hydrogens is 555 g/mol. The van der Waals surface area contributed by atoms with Crippen LogP contribution in [-0.4, -0.2) is 11.6 Å². The van der Waals surface area contributed by atoms with E-state index in [2.05, 4.69) is 180 Å². The van der Waals surface area contributed by atoms with Gasteiger partial charge in [-0.1, -0.05) is 147 Å². The third-order valence-corrected chi connectivity index (χ3v) is 13.3. The molecule has 2 aliphatic heterocycles. The van der Waals surface area contributed by atoms with Crippen molar-refractivity contribution in [3.63, 3.8) is 0 Å². The fraction of sp³-hybridized carbons (Fsp3) is 0.385. The van der Waals surface area contributed by atoms with Crippen LogP contribution in [0.2, 0.25) is 0 Å². The second-order valence-electron chi connectivity index (χ2n) is 14.2. The van der Waals surface area contributed by atoms with Gasteiger partial charge in [0.25, 0.3) is 0 Å². The van der Waals surface area contributed by atoms with Crippen molar-refractivity contribution in [2.24, 2.45) is 11.8 Å². The highest BCUT2D eigenvalue weighted by molar-refractivity contribution is 7.69. The van der Waals surface area contributed by atoms with E-state index in [0.29, 0.717) is 11.8 Å². The van der Waals surface area contributed by atoms with E-state index in [-0.39, 0.29) is 11.6 Å². The number of hydrogen-bond donors (Lipinski definition) is 4.